The molecule has 1 saturated carbocycles. The van der Waals surface area contributed by atoms with Gasteiger partial charge < -0.3 is 19.5 Å². The Morgan fingerprint density at radius 2 is 2.10 bits per heavy atom. The molecule has 1 saturated heterocycles. The van der Waals surface area contributed by atoms with Gasteiger partial charge in [-0.25, -0.2) is 0 Å². The largest absolute Gasteiger partial charge is 0.493 e. The van der Waals surface area contributed by atoms with Gasteiger partial charge in [-0.1, -0.05) is 34.1 Å². The third kappa shape index (κ3) is 4.59. The number of rotatable bonds is 8. The van der Waals surface area contributed by atoms with Gasteiger partial charge in [0.05, 0.1) is 18.6 Å². The zero-order valence-electron chi connectivity index (χ0n) is 16.6. The number of hydrogen-bond acceptors (Lipinski definition) is 4. The molecule has 6 heteroatoms. The van der Waals surface area contributed by atoms with Gasteiger partial charge in [-0.3, -0.25) is 4.79 Å². The van der Waals surface area contributed by atoms with Crippen LogP contribution in [0.5, 0.6) is 11.5 Å². The van der Waals surface area contributed by atoms with Crippen molar-refractivity contribution in [3.05, 3.63) is 58.1 Å². The van der Waals surface area contributed by atoms with Crippen LogP contribution in [0, 0.1) is 0 Å². The minimum Gasteiger partial charge on any atom is -0.493 e. The molecule has 1 aliphatic carbocycles. The third-order valence-corrected chi connectivity index (χ3v) is 6.18. The first kappa shape index (κ1) is 20.2. The molecule has 1 atom stereocenters. The van der Waals surface area contributed by atoms with E-state index in [0.717, 1.165) is 47.9 Å². The zero-order valence-corrected chi connectivity index (χ0v) is 18.2. The Bertz CT molecular complexity index is 875. The highest BCUT2D eigenvalue weighted by Crippen LogP contribution is 2.49. The standard InChI is InChI=1S/C23H26BrNO4/c1-27-21-12-16(7-8-20(21)29-15-19-6-3-11-28-19)14-25-22(26)23(9-10-23)17-4-2-5-18(24)13-17/h2,4-5,7-8,12-13,19H,3,6,9-11,14-15H2,1H3,(H,25,26). The van der Waals surface area contributed by atoms with Crippen molar-refractivity contribution >= 4 is 21.8 Å². The van der Waals surface area contributed by atoms with Crippen LogP contribution in [0.3, 0.4) is 0 Å². The van der Waals surface area contributed by atoms with Gasteiger partial charge in [-0.2, -0.15) is 0 Å². The summed E-state index contributed by atoms with van der Waals surface area (Å²) in [5.74, 6) is 1.45. The van der Waals surface area contributed by atoms with Crippen molar-refractivity contribution in [2.24, 2.45) is 0 Å². The van der Waals surface area contributed by atoms with Gasteiger partial charge in [0.15, 0.2) is 11.5 Å². The first-order valence-corrected chi connectivity index (χ1v) is 10.9. The fourth-order valence-corrected chi connectivity index (χ4v) is 4.21. The lowest BCUT2D eigenvalue weighted by molar-refractivity contribution is -0.123. The molecule has 2 aromatic carbocycles. The number of ether oxygens (including phenoxy) is 3. The summed E-state index contributed by atoms with van der Waals surface area (Å²) in [4.78, 5) is 12.9. The highest BCUT2D eigenvalue weighted by atomic mass is 79.9. The molecule has 1 N–H and O–H groups in total. The highest BCUT2D eigenvalue weighted by molar-refractivity contribution is 9.10. The first-order valence-electron chi connectivity index (χ1n) is 10.1. The van der Waals surface area contributed by atoms with Gasteiger partial charge in [-0.05, 0) is 61.1 Å². The van der Waals surface area contributed by atoms with Crippen LogP contribution < -0.4 is 14.8 Å². The summed E-state index contributed by atoms with van der Waals surface area (Å²) < 4.78 is 18.0. The molecule has 29 heavy (non-hydrogen) atoms. The van der Waals surface area contributed by atoms with Crippen molar-refractivity contribution in [2.75, 3.05) is 20.3 Å². The molecular formula is C23H26BrNO4. The third-order valence-electron chi connectivity index (χ3n) is 5.69. The summed E-state index contributed by atoms with van der Waals surface area (Å²) in [6.45, 7) is 1.80. The lowest BCUT2D eigenvalue weighted by Gasteiger charge is -2.17. The fourth-order valence-electron chi connectivity index (χ4n) is 3.81. The number of hydrogen-bond donors (Lipinski definition) is 1. The van der Waals surface area contributed by atoms with Crippen molar-refractivity contribution in [3.63, 3.8) is 0 Å². The summed E-state index contributed by atoms with van der Waals surface area (Å²) in [6, 6.07) is 13.8. The van der Waals surface area contributed by atoms with Crippen LogP contribution in [0.1, 0.15) is 36.8 Å². The average Bonchev–Trinajstić information content (AvgIpc) is 3.39. The lowest BCUT2D eigenvalue weighted by Crippen LogP contribution is -2.34. The van der Waals surface area contributed by atoms with Gasteiger partial charge in [0.2, 0.25) is 5.91 Å². The van der Waals surface area contributed by atoms with Gasteiger partial charge in [-0.15, -0.1) is 0 Å². The second-order valence-corrected chi connectivity index (χ2v) is 8.62. The first-order chi connectivity index (χ1) is 14.1. The SMILES string of the molecule is COc1cc(CNC(=O)C2(c3cccc(Br)c3)CC2)ccc1OCC1CCCO1. The summed E-state index contributed by atoms with van der Waals surface area (Å²) in [5, 5.41) is 3.10. The average molecular weight is 460 g/mol. The van der Waals surface area contributed by atoms with Crippen LogP contribution in [0.25, 0.3) is 0 Å². The number of methoxy groups -OCH3 is 1. The van der Waals surface area contributed by atoms with E-state index in [2.05, 4.69) is 21.2 Å². The minimum absolute atomic E-state index is 0.0771. The predicted octanol–water partition coefficient (Wildman–Crippen LogP) is 4.36. The molecule has 0 radical (unpaired) electrons. The maximum atomic E-state index is 12.9. The van der Waals surface area contributed by atoms with Crippen molar-refractivity contribution in [3.8, 4) is 11.5 Å². The Morgan fingerprint density at radius 3 is 2.79 bits per heavy atom. The summed E-state index contributed by atoms with van der Waals surface area (Å²) in [7, 11) is 1.63. The second-order valence-electron chi connectivity index (χ2n) is 7.71. The number of benzene rings is 2. The zero-order chi connectivity index (χ0) is 20.3. The fraction of sp³-hybridized carbons (Fsp3) is 0.435. The van der Waals surface area contributed by atoms with Gasteiger partial charge >= 0.3 is 0 Å². The van der Waals surface area contributed by atoms with Crippen LogP contribution in [0.2, 0.25) is 0 Å². The number of carbonyl (C=O) groups is 1. The Balaban J connectivity index is 1.37. The number of amides is 1. The molecule has 2 fully saturated rings. The van der Waals surface area contributed by atoms with Gasteiger partial charge in [0.25, 0.3) is 0 Å². The monoisotopic (exact) mass is 459 g/mol. The summed E-state index contributed by atoms with van der Waals surface area (Å²) in [6.07, 6.45) is 4.05. The molecule has 1 heterocycles. The van der Waals surface area contributed by atoms with Crippen LogP contribution >= 0.6 is 15.9 Å². The maximum absolute atomic E-state index is 12.9. The van der Waals surface area contributed by atoms with E-state index in [1.165, 1.54) is 0 Å². The maximum Gasteiger partial charge on any atom is 0.230 e. The molecule has 1 aliphatic heterocycles. The van der Waals surface area contributed by atoms with Gasteiger partial charge in [0.1, 0.15) is 6.61 Å². The Hall–Kier alpha value is -2.05. The Labute approximate surface area is 179 Å². The molecule has 2 aliphatic rings. The molecule has 0 spiro atoms. The van der Waals surface area contributed by atoms with Crippen molar-refractivity contribution in [1.29, 1.82) is 0 Å². The molecule has 1 amide bonds. The Kier molecular flexibility index (Phi) is 6.11. The highest BCUT2D eigenvalue weighted by Gasteiger charge is 2.51. The topological polar surface area (TPSA) is 56.8 Å². The van der Waals surface area contributed by atoms with Crippen LogP contribution in [-0.2, 0) is 21.5 Å². The van der Waals surface area contributed by atoms with Gasteiger partial charge in [0, 0.05) is 17.6 Å². The van der Waals surface area contributed by atoms with E-state index in [4.69, 9.17) is 14.2 Å². The molecule has 4 rings (SSSR count). The molecule has 154 valence electrons. The minimum atomic E-state index is -0.391. The van der Waals surface area contributed by atoms with E-state index in [-0.39, 0.29) is 12.0 Å². The van der Waals surface area contributed by atoms with E-state index in [1.807, 2.05) is 42.5 Å². The molecule has 2 aromatic rings. The van der Waals surface area contributed by atoms with E-state index >= 15 is 0 Å². The van der Waals surface area contributed by atoms with E-state index < -0.39 is 5.41 Å². The number of carbonyl (C=O) groups excluding carboxylic acids is 1. The van der Waals surface area contributed by atoms with Crippen LogP contribution in [0.4, 0.5) is 0 Å². The summed E-state index contributed by atoms with van der Waals surface area (Å²) in [5.41, 5.74) is 1.66. The van der Waals surface area contributed by atoms with Crippen molar-refractivity contribution in [1.82, 2.24) is 5.32 Å². The van der Waals surface area contributed by atoms with Crippen molar-refractivity contribution in [2.45, 2.75) is 43.7 Å². The van der Waals surface area contributed by atoms with Crippen molar-refractivity contribution < 1.29 is 19.0 Å². The quantitative estimate of drug-likeness (QED) is 0.636. The lowest BCUT2D eigenvalue weighted by atomic mass is 9.95. The van der Waals surface area contributed by atoms with Crippen LogP contribution in [0.15, 0.2) is 46.9 Å². The second kappa shape index (κ2) is 8.76. The van der Waals surface area contributed by atoms with E-state index in [1.54, 1.807) is 7.11 Å². The Morgan fingerprint density at radius 1 is 1.24 bits per heavy atom. The smallest absolute Gasteiger partial charge is 0.230 e. The normalized spacial score (nSPS) is 19.6. The molecule has 1 unspecified atom stereocenters. The molecular weight excluding hydrogens is 434 g/mol. The molecule has 0 bridgehead atoms. The molecule has 5 nitrogen and oxygen atoms in total. The van der Waals surface area contributed by atoms with Crippen LogP contribution in [-0.4, -0.2) is 32.3 Å². The number of halogens is 1. The summed E-state index contributed by atoms with van der Waals surface area (Å²) >= 11 is 3.50. The van der Waals surface area contributed by atoms with E-state index in [9.17, 15) is 4.79 Å². The molecule has 0 aromatic heterocycles. The van der Waals surface area contributed by atoms with E-state index in [0.29, 0.717) is 24.7 Å². The predicted molar refractivity (Wildman–Crippen MR) is 114 cm³/mol. The number of nitrogens with one attached hydrogen (secondary N) is 1.